The van der Waals surface area contributed by atoms with Crippen LogP contribution in [0.4, 0.5) is 5.95 Å². The number of carbonyl (C=O) groups is 1. The Hall–Kier alpha value is -1.43. The number of H-pyrrole nitrogens is 1. The maximum atomic E-state index is 12.2. The van der Waals surface area contributed by atoms with E-state index in [-0.39, 0.29) is 11.9 Å². The number of rotatable bonds is 3. The summed E-state index contributed by atoms with van der Waals surface area (Å²) >= 11 is 0. The van der Waals surface area contributed by atoms with E-state index in [0.717, 1.165) is 12.8 Å². The molecular weight excluding hydrogens is 230 g/mol. The van der Waals surface area contributed by atoms with Crippen LogP contribution >= 0.6 is 0 Å². The second-order valence-corrected chi connectivity index (χ2v) is 5.13. The Morgan fingerprint density at radius 3 is 2.56 bits per heavy atom. The van der Waals surface area contributed by atoms with E-state index in [1.54, 1.807) is 6.92 Å². The number of aromatic nitrogens is 3. The Balaban J connectivity index is 2.00. The van der Waals surface area contributed by atoms with Gasteiger partial charge in [0.1, 0.15) is 5.82 Å². The fourth-order valence-electron chi connectivity index (χ4n) is 2.73. The Labute approximate surface area is 107 Å². The highest BCUT2D eigenvalue weighted by molar-refractivity contribution is 5.93. The van der Waals surface area contributed by atoms with Crippen LogP contribution in [0.2, 0.25) is 0 Å². The first-order valence-corrected chi connectivity index (χ1v) is 6.46. The maximum Gasteiger partial charge on any atom is 0.248 e. The molecule has 0 aliphatic carbocycles. The van der Waals surface area contributed by atoms with Crippen LogP contribution in [0.1, 0.15) is 39.4 Å². The van der Waals surface area contributed by atoms with E-state index in [1.165, 1.54) is 0 Å². The second-order valence-electron chi connectivity index (χ2n) is 5.13. The number of aromatic amines is 1. The van der Waals surface area contributed by atoms with E-state index in [1.807, 2.05) is 6.92 Å². The molecule has 0 aromatic carbocycles. The normalized spacial score (nSPS) is 26.2. The van der Waals surface area contributed by atoms with Gasteiger partial charge >= 0.3 is 0 Å². The Morgan fingerprint density at radius 2 is 2.06 bits per heavy atom. The van der Waals surface area contributed by atoms with Crippen molar-refractivity contribution in [1.29, 1.82) is 0 Å². The van der Waals surface area contributed by atoms with Crippen LogP contribution in [0.5, 0.6) is 0 Å². The van der Waals surface area contributed by atoms with Crippen LogP contribution in [0.3, 0.4) is 0 Å². The molecule has 0 saturated carbocycles. The number of anilines is 1. The lowest BCUT2D eigenvalue weighted by Gasteiger charge is -2.31. The summed E-state index contributed by atoms with van der Waals surface area (Å²) in [5.74, 6) is 0.999. The summed E-state index contributed by atoms with van der Waals surface area (Å²) in [6, 6.07) is 0.751. The van der Waals surface area contributed by atoms with Crippen LogP contribution in [0.25, 0.3) is 0 Å². The van der Waals surface area contributed by atoms with Gasteiger partial charge in [-0.05, 0) is 40.5 Å². The van der Waals surface area contributed by atoms with Gasteiger partial charge in [-0.1, -0.05) is 0 Å². The molecular formula is C12H21N5O. The van der Waals surface area contributed by atoms with Gasteiger partial charge in [0, 0.05) is 12.1 Å². The molecule has 3 unspecified atom stereocenters. The van der Waals surface area contributed by atoms with Crippen LogP contribution in [-0.2, 0) is 4.79 Å². The highest BCUT2D eigenvalue weighted by atomic mass is 16.2. The molecule has 1 aliphatic heterocycles. The lowest BCUT2D eigenvalue weighted by Crippen LogP contribution is -2.47. The molecule has 6 nitrogen and oxygen atoms in total. The van der Waals surface area contributed by atoms with E-state index in [0.29, 0.717) is 23.9 Å². The molecule has 1 saturated heterocycles. The van der Waals surface area contributed by atoms with Crippen LogP contribution < -0.4 is 5.32 Å². The van der Waals surface area contributed by atoms with Gasteiger partial charge < -0.3 is 0 Å². The number of carbonyl (C=O) groups excluding carboxylic acids is 1. The Kier molecular flexibility index (Phi) is 3.65. The van der Waals surface area contributed by atoms with Crippen molar-refractivity contribution in [2.45, 2.75) is 58.7 Å². The zero-order valence-electron chi connectivity index (χ0n) is 11.4. The summed E-state index contributed by atoms with van der Waals surface area (Å²) in [6.07, 6.45) is 2.30. The van der Waals surface area contributed by atoms with Gasteiger partial charge in [0.15, 0.2) is 0 Å². The maximum absolute atomic E-state index is 12.2. The number of hydrogen-bond acceptors (Lipinski definition) is 4. The predicted molar refractivity (Wildman–Crippen MR) is 69.2 cm³/mol. The van der Waals surface area contributed by atoms with Crippen molar-refractivity contribution in [2.24, 2.45) is 0 Å². The number of nitrogens with one attached hydrogen (secondary N) is 2. The molecule has 3 atom stereocenters. The topological polar surface area (TPSA) is 73.9 Å². The SMILES string of the molecule is Cc1nc(NC(=O)C(C)N2C(C)CCC2C)n[nH]1. The lowest BCUT2D eigenvalue weighted by molar-refractivity contribution is -0.121. The van der Waals surface area contributed by atoms with Gasteiger partial charge in [0.05, 0.1) is 6.04 Å². The Morgan fingerprint density at radius 1 is 1.44 bits per heavy atom. The van der Waals surface area contributed by atoms with E-state index in [9.17, 15) is 4.79 Å². The first-order chi connectivity index (χ1) is 8.49. The molecule has 100 valence electrons. The summed E-state index contributed by atoms with van der Waals surface area (Å²) in [6.45, 7) is 8.08. The van der Waals surface area contributed by atoms with Crippen molar-refractivity contribution in [3.63, 3.8) is 0 Å². The smallest absolute Gasteiger partial charge is 0.248 e. The van der Waals surface area contributed by atoms with Gasteiger partial charge in [-0.25, -0.2) is 0 Å². The monoisotopic (exact) mass is 251 g/mol. The van der Waals surface area contributed by atoms with Crippen molar-refractivity contribution in [3.05, 3.63) is 5.82 Å². The van der Waals surface area contributed by atoms with Crippen LogP contribution in [0, 0.1) is 6.92 Å². The van der Waals surface area contributed by atoms with Crippen LogP contribution in [-0.4, -0.2) is 44.1 Å². The molecule has 1 aromatic rings. The highest BCUT2D eigenvalue weighted by Gasteiger charge is 2.34. The summed E-state index contributed by atoms with van der Waals surface area (Å²) in [5.41, 5.74) is 0. The minimum atomic E-state index is -0.156. The van der Waals surface area contributed by atoms with E-state index < -0.39 is 0 Å². The van der Waals surface area contributed by atoms with Crippen molar-refractivity contribution >= 4 is 11.9 Å². The first kappa shape index (κ1) is 13.0. The summed E-state index contributed by atoms with van der Waals surface area (Å²) in [5, 5.41) is 9.37. The standard InChI is InChI=1S/C12H21N5O/c1-7-5-6-8(2)17(7)9(3)11(18)14-12-13-10(4)15-16-12/h7-9H,5-6H2,1-4H3,(H2,13,14,15,16,18). The second kappa shape index (κ2) is 5.06. The number of amides is 1. The fraction of sp³-hybridized carbons (Fsp3) is 0.750. The molecule has 18 heavy (non-hydrogen) atoms. The third-order valence-electron chi connectivity index (χ3n) is 3.68. The van der Waals surface area contributed by atoms with Crippen molar-refractivity contribution < 1.29 is 4.79 Å². The number of nitrogens with zero attached hydrogens (tertiary/aromatic N) is 3. The molecule has 0 radical (unpaired) electrons. The molecule has 2 heterocycles. The predicted octanol–water partition coefficient (Wildman–Crippen LogP) is 1.31. The van der Waals surface area contributed by atoms with Crippen molar-refractivity contribution in [1.82, 2.24) is 20.1 Å². The summed E-state index contributed by atoms with van der Waals surface area (Å²) in [7, 11) is 0. The quantitative estimate of drug-likeness (QED) is 0.849. The van der Waals surface area contributed by atoms with Crippen molar-refractivity contribution in [3.8, 4) is 0 Å². The minimum absolute atomic E-state index is 0.0467. The molecule has 1 aromatic heterocycles. The molecule has 0 bridgehead atoms. The van der Waals surface area contributed by atoms with Crippen LogP contribution in [0.15, 0.2) is 0 Å². The number of hydrogen-bond donors (Lipinski definition) is 2. The zero-order chi connectivity index (χ0) is 13.3. The minimum Gasteiger partial charge on any atom is -0.292 e. The molecule has 1 fully saturated rings. The number of likely N-dealkylation sites (tertiary alicyclic amines) is 1. The molecule has 0 spiro atoms. The van der Waals surface area contributed by atoms with Crippen molar-refractivity contribution in [2.75, 3.05) is 5.32 Å². The van der Waals surface area contributed by atoms with Gasteiger partial charge in [0.25, 0.3) is 0 Å². The van der Waals surface area contributed by atoms with E-state index >= 15 is 0 Å². The van der Waals surface area contributed by atoms with Gasteiger partial charge in [-0.15, -0.1) is 5.10 Å². The van der Waals surface area contributed by atoms with E-state index in [4.69, 9.17) is 0 Å². The van der Waals surface area contributed by atoms with Gasteiger partial charge in [0.2, 0.25) is 11.9 Å². The largest absolute Gasteiger partial charge is 0.292 e. The number of aryl methyl sites for hydroxylation is 1. The lowest BCUT2D eigenvalue weighted by atomic mass is 10.2. The molecule has 2 rings (SSSR count). The zero-order valence-corrected chi connectivity index (χ0v) is 11.4. The van der Waals surface area contributed by atoms with Gasteiger partial charge in [-0.3, -0.25) is 20.1 Å². The first-order valence-electron chi connectivity index (χ1n) is 6.46. The van der Waals surface area contributed by atoms with E-state index in [2.05, 4.69) is 39.2 Å². The molecule has 1 amide bonds. The fourth-order valence-corrected chi connectivity index (χ4v) is 2.73. The summed E-state index contributed by atoms with van der Waals surface area (Å²) < 4.78 is 0. The average molecular weight is 251 g/mol. The molecule has 6 heteroatoms. The molecule has 2 N–H and O–H groups in total. The Bertz CT molecular complexity index is 420. The third-order valence-corrected chi connectivity index (χ3v) is 3.68. The average Bonchev–Trinajstić information content (AvgIpc) is 2.85. The van der Waals surface area contributed by atoms with Gasteiger partial charge in [-0.2, -0.15) is 4.98 Å². The molecule has 1 aliphatic rings. The summed E-state index contributed by atoms with van der Waals surface area (Å²) in [4.78, 5) is 18.5. The third kappa shape index (κ3) is 2.53. The highest BCUT2D eigenvalue weighted by Crippen LogP contribution is 2.26.